The third kappa shape index (κ3) is 5.43. The number of halogens is 1. The van der Waals surface area contributed by atoms with Crippen molar-refractivity contribution in [2.24, 2.45) is 5.73 Å². The summed E-state index contributed by atoms with van der Waals surface area (Å²) in [5.74, 6) is -1.06. The average molecular weight is 316 g/mol. The van der Waals surface area contributed by atoms with Gasteiger partial charge in [-0.15, -0.1) is 0 Å². The van der Waals surface area contributed by atoms with Gasteiger partial charge < -0.3 is 15.8 Å². The number of carbonyl (C=O) groups excluding carboxylic acids is 2. The molecule has 6 heteroatoms. The van der Waals surface area contributed by atoms with E-state index in [1.165, 1.54) is 24.3 Å². The summed E-state index contributed by atoms with van der Waals surface area (Å²) in [4.78, 5) is 23.2. The highest BCUT2D eigenvalue weighted by Gasteiger charge is 2.19. The molecule has 2 aromatic carbocycles. The van der Waals surface area contributed by atoms with E-state index >= 15 is 0 Å². The maximum atomic E-state index is 12.9. The molecule has 0 aliphatic carbocycles. The Morgan fingerprint density at radius 1 is 1.04 bits per heavy atom. The van der Waals surface area contributed by atoms with E-state index in [0.29, 0.717) is 5.56 Å². The Morgan fingerprint density at radius 2 is 1.70 bits per heavy atom. The van der Waals surface area contributed by atoms with Crippen LogP contribution in [0.3, 0.4) is 0 Å². The Hall–Kier alpha value is -2.89. The fourth-order valence-electron chi connectivity index (χ4n) is 1.99. The van der Waals surface area contributed by atoms with Crippen molar-refractivity contribution in [3.63, 3.8) is 0 Å². The summed E-state index contributed by atoms with van der Waals surface area (Å²) in [6.45, 7) is 0.0920. The minimum Gasteiger partial charge on any atom is -0.445 e. The summed E-state index contributed by atoms with van der Waals surface area (Å²) in [6, 6.07) is 13.8. The van der Waals surface area contributed by atoms with Crippen LogP contribution in [-0.2, 0) is 22.6 Å². The molecular formula is C17H17FN2O3. The van der Waals surface area contributed by atoms with Gasteiger partial charge in [0.2, 0.25) is 5.91 Å². The Balaban J connectivity index is 1.89. The highest BCUT2D eigenvalue weighted by molar-refractivity contribution is 5.84. The molecule has 5 nitrogen and oxygen atoms in total. The lowest BCUT2D eigenvalue weighted by Gasteiger charge is -2.15. The van der Waals surface area contributed by atoms with Crippen LogP contribution in [0.2, 0.25) is 0 Å². The lowest BCUT2D eigenvalue weighted by Crippen LogP contribution is -2.46. The summed E-state index contributed by atoms with van der Waals surface area (Å²) in [7, 11) is 0. The standard InChI is InChI=1S/C17H17FN2O3/c18-14-8-6-12(7-9-14)10-15(16(19)21)20-17(22)23-11-13-4-2-1-3-5-13/h1-9,15H,10-11H2,(H2,19,21)(H,20,22). The SMILES string of the molecule is NC(=O)C(Cc1ccc(F)cc1)NC(=O)OCc1ccccc1. The molecule has 120 valence electrons. The van der Waals surface area contributed by atoms with Crippen LogP contribution in [0.25, 0.3) is 0 Å². The van der Waals surface area contributed by atoms with Crippen molar-refractivity contribution in [2.45, 2.75) is 19.1 Å². The molecule has 1 atom stereocenters. The second-order valence-electron chi connectivity index (χ2n) is 4.99. The Labute approximate surface area is 133 Å². The normalized spacial score (nSPS) is 11.5. The molecule has 2 amide bonds. The van der Waals surface area contributed by atoms with Crippen LogP contribution in [0.5, 0.6) is 0 Å². The van der Waals surface area contributed by atoms with Gasteiger partial charge in [-0.3, -0.25) is 4.79 Å². The lowest BCUT2D eigenvalue weighted by atomic mass is 10.1. The van der Waals surface area contributed by atoms with E-state index in [1.807, 2.05) is 30.3 Å². The number of amides is 2. The maximum absolute atomic E-state index is 12.9. The zero-order valence-corrected chi connectivity index (χ0v) is 12.4. The minimum atomic E-state index is -0.927. The third-order valence-electron chi connectivity index (χ3n) is 3.20. The van der Waals surface area contributed by atoms with Gasteiger partial charge in [0.1, 0.15) is 18.5 Å². The van der Waals surface area contributed by atoms with Crippen LogP contribution in [0.15, 0.2) is 54.6 Å². The molecule has 0 saturated carbocycles. The number of primary amides is 1. The van der Waals surface area contributed by atoms with Gasteiger partial charge in [0.05, 0.1) is 0 Å². The van der Waals surface area contributed by atoms with Crippen molar-refractivity contribution in [3.05, 3.63) is 71.5 Å². The van der Waals surface area contributed by atoms with E-state index in [4.69, 9.17) is 10.5 Å². The van der Waals surface area contributed by atoms with E-state index in [2.05, 4.69) is 5.32 Å². The topological polar surface area (TPSA) is 81.4 Å². The highest BCUT2D eigenvalue weighted by Crippen LogP contribution is 2.07. The van der Waals surface area contributed by atoms with Gasteiger partial charge in [0, 0.05) is 6.42 Å². The number of ether oxygens (including phenoxy) is 1. The molecule has 0 saturated heterocycles. The molecular weight excluding hydrogens is 299 g/mol. The summed E-state index contributed by atoms with van der Waals surface area (Å²) < 4.78 is 17.9. The summed E-state index contributed by atoms with van der Waals surface area (Å²) in [5.41, 5.74) is 6.80. The molecule has 0 spiro atoms. The minimum absolute atomic E-state index is 0.0920. The van der Waals surface area contributed by atoms with Crippen LogP contribution in [0.4, 0.5) is 9.18 Å². The molecule has 0 aliphatic heterocycles. The number of hydrogen-bond donors (Lipinski definition) is 2. The van der Waals surface area contributed by atoms with Gasteiger partial charge in [-0.05, 0) is 23.3 Å². The lowest BCUT2D eigenvalue weighted by molar-refractivity contribution is -0.119. The van der Waals surface area contributed by atoms with Crippen LogP contribution in [0, 0.1) is 5.82 Å². The number of rotatable bonds is 6. The Kier molecular flexibility index (Phi) is 5.68. The number of hydrogen-bond acceptors (Lipinski definition) is 3. The third-order valence-corrected chi connectivity index (χ3v) is 3.20. The van der Waals surface area contributed by atoms with Gasteiger partial charge in [0.25, 0.3) is 0 Å². The van der Waals surface area contributed by atoms with E-state index in [-0.39, 0.29) is 18.8 Å². The predicted molar refractivity (Wildman–Crippen MR) is 82.8 cm³/mol. The molecule has 1 unspecified atom stereocenters. The maximum Gasteiger partial charge on any atom is 0.408 e. The number of alkyl carbamates (subject to hydrolysis) is 1. The molecule has 3 N–H and O–H groups in total. The zero-order chi connectivity index (χ0) is 16.7. The van der Waals surface area contributed by atoms with Gasteiger partial charge in [-0.1, -0.05) is 42.5 Å². The summed E-state index contributed by atoms with van der Waals surface area (Å²) in [6.07, 6.45) is -0.574. The molecule has 0 fully saturated rings. The first-order chi connectivity index (χ1) is 11.0. The van der Waals surface area contributed by atoms with Gasteiger partial charge in [0.15, 0.2) is 0 Å². The number of benzene rings is 2. The molecule has 0 heterocycles. The van der Waals surface area contributed by atoms with Crippen molar-refractivity contribution in [1.82, 2.24) is 5.32 Å². The molecule has 23 heavy (non-hydrogen) atoms. The van der Waals surface area contributed by atoms with Crippen molar-refractivity contribution >= 4 is 12.0 Å². The molecule has 2 aromatic rings. The molecule has 0 aromatic heterocycles. The van der Waals surface area contributed by atoms with Crippen molar-refractivity contribution < 1.29 is 18.7 Å². The first-order valence-electron chi connectivity index (χ1n) is 7.05. The fourth-order valence-corrected chi connectivity index (χ4v) is 1.99. The van der Waals surface area contributed by atoms with E-state index in [9.17, 15) is 14.0 Å². The van der Waals surface area contributed by atoms with Gasteiger partial charge in [-0.25, -0.2) is 9.18 Å². The van der Waals surface area contributed by atoms with Crippen LogP contribution >= 0.6 is 0 Å². The summed E-state index contributed by atoms with van der Waals surface area (Å²) >= 11 is 0. The first-order valence-corrected chi connectivity index (χ1v) is 7.05. The van der Waals surface area contributed by atoms with Crippen LogP contribution < -0.4 is 11.1 Å². The average Bonchev–Trinajstić information content (AvgIpc) is 2.55. The van der Waals surface area contributed by atoms with E-state index < -0.39 is 18.0 Å². The highest BCUT2D eigenvalue weighted by atomic mass is 19.1. The molecule has 0 bridgehead atoms. The van der Waals surface area contributed by atoms with Crippen LogP contribution in [0.1, 0.15) is 11.1 Å². The Morgan fingerprint density at radius 3 is 2.30 bits per heavy atom. The number of nitrogens with two attached hydrogens (primary N) is 1. The fraction of sp³-hybridized carbons (Fsp3) is 0.176. The van der Waals surface area contributed by atoms with Gasteiger partial charge in [-0.2, -0.15) is 0 Å². The van der Waals surface area contributed by atoms with Gasteiger partial charge >= 0.3 is 6.09 Å². The second-order valence-corrected chi connectivity index (χ2v) is 4.99. The monoisotopic (exact) mass is 316 g/mol. The number of nitrogens with one attached hydrogen (secondary N) is 1. The molecule has 2 rings (SSSR count). The van der Waals surface area contributed by atoms with E-state index in [1.54, 1.807) is 0 Å². The van der Waals surface area contributed by atoms with E-state index in [0.717, 1.165) is 5.56 Å². The first kappa shape index (κ1) is 16.5. The van der Waals surface area contributed by atoms with Crippen LogP contribution in [-0.4, -0.2) is 18.0 Å². The largest absolute Gasteiger partial charge is 0.445 e. The second kappa shape index (κ2) is 7.93. The quantitative estimate of drug-likeness (QED) is 0.857. The van der Waals surface area contributed by atoms with Crippen molar-refractivity contribution in [2.75, 3.05) is 0 Å². The Bertz CT molecular complexity index is 659. The predicted octanol–water partition coefficient (Wildman–Crippen LogP) is 2.15. The van der Waals surface area contributed by atoms with Crippen molar-refractivity contribution in [3.8, 4) is 0 Å². The number of carbonyl (C=O) groups is 2. The molecule has 0 aliphatic rings. The zero-order valence-electron chi connectivity index (χ0n) is 12.4. The smallest absolute Gasteiger partial charge is 0.408 e. The molecule has 0 radical (unpaired) electrons. The summed E-state index contributed by atoms with van der Waals surface area (Å²) in [5, 5.41) is 2.42. The van der Waals surface area contributed by atoms with Crippen molar-refractivity contribution in [1.29, 1.82) is 0 Å².